The number of hydrogen-bond donors (Lipinski definition) is 1. The molecule has 1 amide bonds. The highest BCUT2D eigenvalue weighted by atomic mass is 35.5. The standard InChI is InChI=1S/C18H18ClFN2O3/c1-18(2,3)25-17(24)15-8-7-11(9-21-15)16(23)22-10-12-13(19)5-4-6-14(12)20/h4-9H,10H2,1-3H3,(H,22,23). The average molecular weight is 365 g/mol. The monoisotopic (exact) mass is 364 g/mol. The Balaban J connectivity index is 2.02. The van der Waals surface area contributed by atoms with Crippen LogP contribution in [0.1, 0.15) is 47.2 Å². The summed E-state index contributed by atoms with van der Waals surface area (Å²) in [6.07, 6.45) is 1.26. The Labute approximate surface area is 150 Å². The van der Waals surface area contributed by atoms with Gasteiger partial charge in [0, 0.05) is 23.3 Å². The zero-order chi connectivity index (χ0) is 18.6. The molecule has 1 heterocycles. The van der Waals surface area contributed by atoms with Crippen LogP contribution in [0.2, 0.25) is 5.02 Å². The average Bonchev–Trinajstić information content (AvgIpc) is 2.52. The molecule has 0 atom stereocenters. The third-order valence-electron chi connectivity index (χ3n) is 3.12. The van der Waals surface area contributed by atoms with Crippen molar-refractivity contribution < 1.29 is 18.7 Å². The second kappa shape index (κ2) is 7.61. The maximum atomic E-state index is 13.7. The highest BCUT2D eigenvalue weighted by Crippen LogP contribution is 2.18. The second-order valence-corrected chi connectivity index (χ2v) is 6.72. The zero-order valence-electron chi connectivity index (χ0n) is 14.1. The van der Waals surface area contributed by atoms with Crippen LogP contribution in [0.25, 0.3) is 0 Å². The molecule has 5 nitrogen and oxygen atoms in total. The fraction of sp³-hybridized carbons (Fsp3) is 0.278. The summed E-state index contributed by atoms with van der Waals surface area (Å²) in [5.74, 6) is -1.52. The van der Waals surface area contributed by atoms with Gasteiger partial charge in [0.05, 0.1) is 5.56 Å². The largest absolute Gasteiger partial charge is 0.455 e. The number of benzene rings is 1. The molecule has 0 fully saturated rings. The Kier molecular flexibility index (Phi) is 5.74. The second-order valence-electron chi connectivity index (χ2n) is 6.32. The lowest BCUT2D eigenvalue weighted by Gasteiger charge is -2.19. The van der Waals surface area contributed by atoms with Gasteiger partial charge < -0.3 is 10.1 Å². The Morgan fingerprint density at radius 1 is 1.24 bits per heavy atom. The van der Waals surface area contributed by atoms with E-state index in [2.05, 4.69) is 10.3 Å². The molecule has 0 aliphatic carbocycles. The first-order valence-electron chi connectivity index (χ1n) is 7.58. The highest BCUT2D eigenvalue weighted by Gasteiger charge is 2.19. The van der Waals surface area contributed by atoms with Gasteiger partial charge in [0.15, 0.2) is 0 Å². The Hall–Kier alpha value is -2.47. The van der Waals surface area contributed by atoms with Gasteiger partial charge in [-0.3, -0.25) is 4.79 Å². The Bertz CT molecular complexity index is 766. The SMILES string of the molecule is CC(C)(C)OC(=O)c1ccc(C(=O)NCc2c(F)cccc2Cl)cn1. The topological polar surface area (TPSA) is 68.3 Å². The number of ether oxygens (including phenoxy) is 1. The molecular formula is C18H18ClFN2O3. The summed E-state index contributed by atoms with van der Waals surface area (Å²) >= 11 is 5.91. The number of pyridine rings is 1. The summed E-state index contributed by atoms with van der Waals surface area (Å²) < 4.78 is 18.9. The van der Waals surface area contributed by atoms with Crippen LogP contribution in [0.5, 0.6) is 0 Å². The number of amides is 1. The number of carbonyl (C=O) groups excluding carboxylic acids is 2. The van der Waals surface area contributed by atoms with Gasteiger partial charge in [-0.25, -0.2) is 14.2 Å². The van der Waals surface area contributed by atoms with Crippen molar-refractivity contribution in [3.8, 4) is 0 Å². The molecule has 0 unspecified atom stereocenters. The first-order chi connectivity index (χ1) is 11.7. The Morgan fingerprint density at radius 2 is 1.96 bits per heavy atom. The van der Waals surface area contributed by atoms with E-state index < -0.39 is 23.3 Å². The minimum atomic E-state index is -0.631. The molecule has 0 aliphatic heterocycles. The predicted molar refractivity (Wildman–Crippen MR) is 92.0 cm³/mol. The summed E-state index contributed by atoms with van der Waals surface area (Å²) in [6.45, 7) is 5.19. The summed E-state index contributed by atoms with van der Waals surface area (Å²) in [5, 5.41) is 2.80. The van der Waals surface area contributed by atoms with E-state index in [1.165, 1.54) is 30.5 Å². The van der Waals surface area contributed by atoms with Crippen LogP contribution in [0.15, 0.2) is 36.5 Å². The number of carbonyl (C=O) groups is 2. The first-order valence-corrected chi connectivity index (χ1v) is 7.95. The number of esters is 1. The van der Waals surface area contributed by atoms with Crippen molar-refractivity contribution >= 4 is 23.5 Å². The van der Waals surface area contributed by atoms with Gasteiger partial charge in [-0.05, 0) is 45.0 Å². The Morgan fingerprint density at radius 3 is 2.52 bits per heavy atom. The molecule has 25 heavy (non-hydrogen) atoms. The third-order valence-corrected chi connectivity index (χ3v) is 3.48. The maximum absolute atomic E-state index is 13.7. The van der Waals surface area contributed by atoms with E-state index in [1.54, 1.807) is 26.8 Å². The van der Waals surface area contributed by atoms with Gasteiger partial charge in [-0.2, -0.15) is 0 Å². The number of aromatic nitrogens is 1. The molecule has 0 bridgehead atoms. The van der Waals surface area contributed by atoms with Gasteiger partial charge >= 0.3 is 5.97 Å². The van der Waals surface area contributed by atoms with Gasteiger partial charge in [-0.1, -0.05) is 17.7 Å². The molecule has 7 heteroatoms. The van der Waals surface area contributed by atoms with Crippen LogP contribution in [0, 0.1) is 5.82 Å². The summed E-state index contributed by atoms with van der Waals surface area (Å²) in [7, 11) is 0. The number of rotatable bonds is 4. The quantitative estimate of drug-likeness (QED) is 0.839. The first kappa shape index (κ1) is 18.9. The molecule has 0 radical (unpaired) electrons. The molecule has 1 aromatic heterocycles. The smallest absolute Gasteiger partial charge is 0.357 e. The number of nitrogens with one attached hydrogen (secondary N) is 1. The molecule has 0 aliphatic rings. The van der Waals surface area contributed by atoms with E-state index in [-0.39, 0.29) is 28.4 Å². The lowest BCUT2D eigenvalue weighted by atomic mass is 10.2. The fourth-order valence-corrected chi connectivity index (χ4v) is 2.18. The van der Waals surface area contributed by atoms with Crippen molar-refractivity contribution in [3.63, 3.8) is 0 Å². The molecule has 0 spiro atoms. The van der Waals surface area contributed by atoms with Crippen molar-refractivity contribution in [2.75, 3.05) is 0 Å². The molecule has 0 saturated heterocycles. The van der Waals surface area contributed by atoms with Crippen LogP contribution >= 0.6 is 11.6 Å². The number of hydrogen-bond acceptors (Lipinski definition) is 4. The molecule has 0 saturated carbocycles. The van der Waals surface area contributed by atoms with E-state index >= 15 is 0 Å². The van der Waals surface area contributed by atoms with Crippen LogP contribution in [0.4, 0.5) is 4.39 Å². The highest BCUT2D eigenvalue weighted by molar-refractivity contribution is 6.31. The van der Waals surface area contributed by atoms with Crippen LogP contribution < -0.4 is 5.32 Å². The van der Waals surface area contributed by atoms with Crippen molar-refractivity contribution in [2.45, 2.75) is 32.9 Å². The lowest BCUT2D eigenvalue weighted by Crippen LogP contribution is -2.25. The van der Waals surface area contributed by atoms with E-state index in [1.807, 2.05) is 0 Å². The van der Waals surface area contributed by atoms with E-state index in [9.17, 15) is 14.0 Å². The van der Waals surface area contributed by atoms with Gasteiger partial charge in [0.2, 0.25) is 0 Å². The normalized spacial score (nSPS) is 11.1. The third kappa shape index (κ3) is 5.26. The predicted octanol–water partition coefficient (Wildman–Crippen LogP) is 3.76. The lowest BCUT2D eigenvalue weighted by molar-refractivity contribution is 0.00626. The van der Waals surface area contributed by atoms with Crippen molar-refractivity contribution in [1.29, 1.82) is 0 Å². The van der Waals surface area contributed by atoms with Crippen molar-refractivity contribution in [2.24, 2.45) is 0 Å². The van der Waals surface area contributed by atoms with Crippen molar-refractivity contribution in [1.82, 2.24) is 10.3 Å². The molecule has 1 N–H and O–H groups in total. The van der Waals surface area contributed by atoms with Gasteiger partial charge in [-0.15, -0.1) is 0 Å². The minimum Gasteiger partial charge on any atom is -0.455 e. The number of nitrogens with zero attached hydrogens (tertiary/aromatic N) is 1. The van der Waals surface area contributed by atoms with Crippen LogP contribution in [0.3, 0.4) is 0 Å². The van der Waals surface area contributed by atoms with E-state index in [0.29, 0.717) is 0 Å². The molecular weight excluding hydrogens is 347 g/mol. The maximum Gasteiger partial charge on any atom is 0.357 e. The van der Waals surface area contributed by atoms with Crippen LogP contribution in [-0.4, -0.2) is 22.5 Å². The zero-order valence-corrected chi connectivity index (χ0v) is 14.9. The summed E-state index contributed by atoms with van der Waals surface area (Å²) in [4.78, 5) is 27.9. The van der Waals surface area contributed by atoms with E-state index in [0.717, 1.165) is 0 Å². The van der Waals surface area contributed by atoms with Gasteiger partial charge in [0.25, 0.3) is 5.91 Å². The molecule has 132 valence electrons. The summed E-state index contributed by atoms with van der Waals surface area (Å²) in [5.41, 5.74) is -0.0901. The summed E-state index contributed by atoms with van der Waals surface area (Å²) in [6, 6.07) is 7.15. The van der Waals surface area contributed by atoms with Crippen LogP contribution in [-0.2, 0) is 11.3 Å². The van der Waals surface area contributed by atoms with Crippen molar-refractivity contribution in [3.05, 3.63) is 64.2 Å². The van der Waals surface area contributed by atoms with Gasteiger partial charge in [0.1, 0.15) is 17.1 Å². The number of halogens is 2. The molecule has 2 aromatic rings. The van der Waals surface area contributed by atoms with E-state index in [4.69, 9.17) is 16.3 Å². The molecule has 1 aromatic carbocycles. The molecule has 2 rings (SSSR count). The fourth-order valence-electron chi connectivity index (χ4n) is 1.95. The minimum absolute atomic E-state index is 0.0574.